The summed E-state index contributed by atoms with van der Waals surface area (Å²) in [6.07, 6.45) is 9.07. The maximum absolute atomic E-state index is 10.4. The number of phenolic OH excluding ortho intramolecular Hbond substituents is 1. The Labute approximate surface area is 130 Å². The number of phenols is 1. The molecular formula is C17H22N2O3. The second-order valence-corrected chi connectivity index (χ2v) is 5.74. The third kappa shape index (κ3) is 3.75. The summed E-state index contributed by atoms with van der Waals surface area (Å²) in [5, 5.41) is 23.0. The number of ether oxygens (including phenoxy) is 1. The number of aliphatic hydroxyl groups is 1. The van der Waals surface area contributed by atoms with E-state index in [0.717, 1.165) is 18.4 Å². The van der Waals surface area contributed by atoms with Gasteiger partial charge in [0.15, 0.2) is 6.35 Å². The average Bonchev–Trinajstić information content (AvgIpc) is 2.72. The van der Waals surface area contributed by atoms with Crippen LogP contribution in [0.15, 0.2) is 48.6 Å². The van der Waals surface area contributed by atoms with E-state index in [0.29, 0.717) is 13.3 Å². The van der Waals surface area contributed by atoms with Gasteiger partial charge in [0.1, 0.15) is 12.5 Å². The number of hydrogen-bond donors (Lipinski definition) is 3. The minimum Gasteiger partial charge on any atom is -0.508 e. The molecule has 0 aromatic heterocycles. The van der Waals surface area contributed by atoms with E-state index in [9.17, 15) is 10.2 Å². The highest BCUT2D eigenvalue weighted by atomic mass is 16.5. The number of nitrogens with one attached hydrogen (secondary N) is 1. The molecule has 1 aromatic rings. The monoisotopic (exact) mass is 302 g/mol. The standard InChI is InChI=1S/C17H22N2O3/c20-16-8-6-13(7-9-16)10-14-11-22-12-19(17(21)18-14)15-4-2-1-3-5-15/h1-4,6-9,14-15,17-18,20-21H,5,10-12H2. The predicted molar refractivity (Wildman–Crippen MR) is 84.1 cm³/mol. The highest BCUT2D eigenvalue weighted by Gasteiger charge is 2.28. The molecule has 1 aliphatic heterocycles. The lowest BCUT2D eigenvalue weighted by atomic mass is 10.1. The molecule has 2 aliphatic rings. The molecule has 3 rings (SSSR count). The van der Waals surface area contributed by atoms with Crippen LogP contribution in [0.5, 0.6) is 5.75 Å². The molecule has 3 N–H and O–H groups in total. The van der Waals surface area contributed by atoms with Crippen molar-refractivity contribution in [1.82, 2.24) is 10.2 Å². The number of benzene rings is 1. The van der Waals surface area contributed by atoms with Crippen LogP contribution in [-0.2, 0) is 11.2 Å². The van der Waals surface area contributed by atoms with Crippen LogP contribution in [0, 0.1) is 0 Å². The Hall–Kier alpha value is -1.66. The van der Waals surface area contributed by atoms with Crippen LogP contribution in [-0.4, -0.2) is 46.9 Å². The average molecular weight is 302 g/mol. The van der Waals surface area contributed by atoms with Gasteiger partial charge in [0.05, 0.1) is 6.61 Å². The fourth-order valence-electron chi connectivity index (χ4n) is 2.85. The smallest absolute Gasteiger partial charge is 0.165 e. The molecule has 0 bridgehead atoms. The zero-order valence-electron chi connectivity index (χ0n) is 12.4. The van der Waals surface area contributed by atoms with Gasteiger partial charge in [0.25, 0.3) is 0 Å². The Balaban J connectivity index is 1.61. The molecule has 0 radical (unpaired) electrons. The molecule has 22 heavy (non-hydrogen) atoms. The van der Waals surface area contributed by atoms with Crippen molar-refractivity contribution in [2.45, 2.75) is 31.3 Å². The third-order valence-corrected chi connectivity index (χ3v) is 4.06. The lowest BCUT2D eigenvalue weighted by Crippen LogP contribution is -2.52. The molecule has 1 aromatic carbocycles. The van der Waals surface area contributed by atoms with Gasteiger partial charge in [-0.1, -0.05) is 36.4 Å². The van der Waals surface area contributed by atoms with Crippen molar-refractivity contribution >= 4 is 0 Å². The number of aliphatic hydroxyl groups excluding tert-OH is 1. The van der Waals surface area contributed by atoms with E-state index in [1.165, 1.54) is 0 Å². The second kappa shape index (κ2) is 7.07. The van der Waals surface area contributed by atoms with Crippen molar-refractivity contribution in [3.63, 3.8) is 0 Å². The van der Waals surface area contributed by atoms with Crippen LogP contribution in [0.3, 0.4) is 0 Å². The topological polar surface area (TPSA) is 65.0 Å². The first-order valence-corrected chi connectivity index (χ1v) is 7.61. The Bertz CT molecular complexity index is 541. The molecule has 1 heterocycles. The van der Waals surface area contributed by atoms with E-state index in [4.69, 9.17) is 4.74 Å². The summed E-state index contributed by atoms with van der Waals surface area (Å²) in [6, 6.07) is 7.32. The normalized spacial score (nSPS) is 29.4. The Morgan fingerprint density at radius 3 is 2.77 bits per heavy atom. The second-order valence-electron chi connectivity index (χ2n) is 5.74. The van der Waals surface area contributed by atoms with Crippen LogP contribution < -0.4 is 5.32 Å². The fourth-order valence-corrected chi connectivity index (χ4v) is 2.85. The summed E-state index contributed by atoms with van der Waals surface area (Å²) in [7, 11) is 0. The van der Waals surface area contributed by atoms with Gasteiger partial charge in [-0.05, 0) is 30.5 Å². The molecule has 5 nitrogen and oxygen atoms in total. The van der Waals surface area contributed by atoms with Crippen LogP contribution in [0.4, 0.5) is 0 Å². The van der Waals surface area contributed by atoms with Gasteiger partial charge >= 0.3 is 0 Å². The maximum atomic E-state index is 10.4. The van der Waals surface area contributed by atoms with Gasteiger partial charge in [0.2, 0.25) is 0 Å². The summed E-state index contributed by atoms with van der Waals surface area (Å²) >= 11 is 0. The molecule has 1 fully saturated rings. The summed E-state index contributed by atoms with van der Waals surface area (Å²) < 4.78 is 5.74. The van der Waals surface area contributed by atoms with Crippen molar-refractivity contribution in [2.75, 3.05) is 13.3 Å². The van der Waals surface area contributed by atoms with Crippen molar-refractivity contribution < 1.29 is 14.9 Å². The molecule has 1 saturated heterocycles. The summed E-state index contributed by atoms with van der Waals surface area (Å²) in [6.45, 7) is 0.948. The van der Waals surface area contributed by atoms with E-state index in [1.54, 1.807) is 12.1 Å². The quantitative estimate of drug-likeness (QED) is 0.786. The van der Waals surface area contributed by atoms with Gasteiger partial charge < -0.3 is 14.9 Å². The van der Waals surface area contributed by atoms with Gasteiger partial charge in [0, 0.05) is 12.1 Å². The number of hydrogen-bond acceptors (Lipinski definition) is 5. The third-order valence-electron chi connectivity index (χ3n) is 4.06. The number of rotatable bonds is 3. The largest absolute Gasteiger partial charge is 0.508 e. The molecule has 3 atom stereocenters. The van der Waals surface area contributed by atoms with Crippen molar-refractivity contribution in [3.05, 3.63) is 54.1 Å². The lowest BCUT2D eigenvalue weighted by Gasteiger charge is -2.32. The minimum atomic E-state index is -0.731. The van der Waals surface area contributed by atoms with E-state index < -0.39 is 6.35 Å². The van der Waals surface area contributed by atoms with Crippen molar-refractivity contribution in [2.24, 2.45) is 0 Å². The fraction of sp³-hybridized carbons (Fsp3) is 0.412. The van der Waals surface area contributed by atoms with Crippen LogP contribution in [0.2, 0.25) is 0 Å². The number of nitrogens with zero attached hydrogens (tertiary/aromatic N) is 1. The highest BCUT2D eigenvalue weighted by Crippen LogP contribution is 2.17. The number of allylic oxidation sites excluding steroid dienone is 2. The summed E-state index contributed by atoms with van der Waals surface area (Å²) in [4.78, 5) is 1.91. The molecule has 3 unspecified atom stereocenters. The predicted octanol–water partition coefficient (Wildman–Crippen LogP) is 1.34. The minimum absolute atomic E-state index is 0.0349. The van der Waals surface area contributed by atoms with Gasteiger partial charge in [-0.3, -0.25) is 5.32 Å². The van der Waals surface area contributed by atoms with Gasteiger partial charge in [-0.25, -0.2) is 4.90 Å². The first-order valence-electron chi connectivity index (χ1n) is 7.61. The maximum Gasteiger partial charge on any atom is 0.165 e. The molecule has 1 aliphatic carbocycles. The van der Waals surface area contributed by atoms with E-state index in [-0.39, 0.29) is 17.8 Å². The van der Waals surface area contributed by atoms with Crippen LogP contribution in [0.25, 0.3) is 0 Å². The molecule has 5 heteroatoms. The van der Waals surface area contributed by atoms with E-state index in [2.05, 4.69) is 17.5 Å². The first-order chi connectivity index (χ1) is 10.7. The summed E-state index contributed by atoms with van der Waals surface area (Å²) in [5.74, 6) is 0.261. The molecule has 0 saturated carbocycles. The molecular weight excluding hydrogens is 280 g/mol. The lowest BCUT2D eigenvalue weighted by molar-refractivity contribution is -0.0749. The van der Waals surface area contributed by atoms with E-state index >= 15 is 0 Å². The Morgan fingerprint density at radius 1 is 1.23 bits per heavy atom. The zero-order chi connectivity index (χ0) is 15.4. The first kappa shape index (κ1) is 15.2. The van der Waals surface area contributed by atoms with Crippen LogP contribution in [0.1, 0.15) is 12.0 Å². The zero-order valence-corrected chi connectivity index (χ0v) is 12.4. The van der Waals surface area contributed by atoms with Gasteiger partial charge in [-0.2, -0.15) is 0 Å². The molecule has 118 valence electrons. The SMILES string of the molecule is Oc1ccc(CC2COCN(C3C=CC=CC3)C(O)N2)cc1. The highest BCUT2D eigenvalue weighted by molar-refractivity contribution is 5.26. The van der Waals surface area contributed by atoms with E-state index in [1.807, 2.05) is 29.2 Å². The Morgan fingerprint density at radius 2 is 2.05 bits per heavy atom. The number of aromatic hydroxyl groups is 1. The van der Waals surface area contributed by atoms with Gasteiger partial charge in [-0.15, -0.1) is 0 Å². The molecule has 0 amide bonds. The molecule has 0 spiro atoms. The van der Waals surface area contributed by atoms with Crippen LogP contribution >= 0.6 is 0 Å². The Kier molecular flexibility index (Phi) is 4.90. The van der Waals surface area contributed by atoms with Crippen molar-refractivity contribution in [1.29, 1.82) is 0 Å². The summed E-state index contributed by atoms with van der Waals surface area (Å²) in [5.41, 5.74) is 1.10. The van der Waals surface area contributed by atoms with Crippen molar-refractivity contribution in [3.8, 4) is 5.75 Å².